The van der Waals surface area contributed by atoms with Crippen molar-refractivity contribution in [1.82, 2.24) is 4.90 Å². The van der Waals surface area contributed by atoms with E-state index < -0.39 is 0 Å². The third-order valence-electron chi connectivity index (χ3n) is 4.03. The molecule has 20 heavy (non-hydrogen) atoms. The van der Waals surface area contributed by atoms with Crippen molar-refractivity contribution in [2.24, 2.45) is 5.73 Å². The second-order valence-electron chi connectivity index (χ2n) is 5.39. The fourth-order valence-electron chi connectivity index (χ4n) is 2.88. The number of halogens is 1. The number of nitrogens with two attached hydrogens (primary N) is 1. The summed E-state index contributed by atoms with van der Waals surface area (Å²) in [6, 6.07) is 17.7. The van der Waals surface area contributed by atoms with E-state index in [1.54, 1.807) is 0 Å². The van der Waals surface area contributed by atoms with Crippen LogP contribution in [-0.4, -0.2) is 17.5 Å². The van der Waals surface area contributed by atoms with E-state index in [1.807, 2.05) is 0 Å². The van der Waals surface area contributed by atoms with Crippen LogP contribution in [-0.2, 0) is 19.5 Å². The summed E-state index contributed by atoms with van der Waals surface area (Å²) in [6.45, 7) is 2.67. The molecule has 2 N–H and O–H groups in total. The Hall–Kier alpha value is -1.16. The molecule has 3 rings (SSSR count). The quantitative estimate of drug-likeness (QED) is 0.935. The molecule has 0 saturated carbocycles. The Morgan fingerprint density at radius 3 is 2.45 bits per heavy atom. The van der Waals surface area contributed by atoms with E-state index in [-0.39, 0.29) is 0 Å². The number of fused-ring (bicyclic) bond motifs is 1. The molecule has 3 heteroatoms. The number of benzene rings is 2. The van der Waals surface area contributed by atoms with Crippen LogP contribution in [0.25, 0.3) is 0 Å². The van der Waals surface area contributed by atoms with Crippen LogP contribution in [0.5, 0.6) is 0 Å². The summed E-state index contributed by atoms with van der Waals surface area (Å²) >= 11 is 3.48. The van der Waals surface area contributed by atoms with Crippen molar-refractivity contribution in [3.63, 3.8) is 0 Å². The summed E-state index contributed by atoms with van der Waals surface area (Å²) in [5.74, 6) is 0. The molecule has 0 amide bonds. The van der Waals surface area contributed by atoms with Crippen LogP contribution < -0.4 is 5.73 Å². The number of nitrogens with zero attached hydrogens (tertiary/aromatic N) is 1. The predicted octanol–water partition coefficient (Wildman–Crippen LogP) is 3.33. The van der Waals surface area contributed by atoms with Crippen LogP contribution in [0.2, 0.25) is 0 Å². The van der Waals surface area contributed by atoms with Gasteiger partial charge in [0.25, 0.3) is 0 Å². The maximum atomic E-state index is 5.98. The van der Waals surface area contributed by atoms with Crippen LogP contribution in [0.4, 0.5) is 0 Å². The predicted molar refractivity (Wildman–Crippen MR) is 86.4 cm³/mol. The Morgan fingerprint density at radius 2 is 1.75 bits per heavy atom. The van der Waals surface area contributed by atoms with Crippen LogP contribution in [0, 0.1) is 0 Å². The maximum absolute atomic E-state index is 5.98. The lowest BCUT2D eigenvalue weighted by Gasteiger charge is -2.36. The first-order valence-electron chi connectivity index (χ1n) is 7.01. The van der Waals surface area contributed by atoms with Gasteiger partial charge in [0, 0.05) is 30.1 Å². The van der Waals surface area contributed by atoms with E-state index in [0.717, 1.165) is 24.0 Å². The molecule has 1 heterocycles. The van der Waals surface area contributed by atoms with Gasteiger partial charge in [0.15, 0.2) is 0 Å². The largest absolute Gasteiger partial charge is 0.329 e. The van der Waals surface area contributed by atoms with Gasteiger partial charge in [0.2, 0.25) is 0 Å². The van der Waals surface area contributed by atoms with Crippen LogP contribution >= 0.6 is 15.9 Å². The molecule has 2 nitrogen and oxygen atoms in total. The topological polar surface area (TPSA) is 29.3 Å². The van der Waals surface area contributed by atoms with Crippen LogP contribution in [0.3, 0.4) is 0 Å². The highest BCUT2D eigenvalue weighted by Crippen LogP contribution is 2.24. The summed E-state index contributed by atoms with van der Waals surface area (Å²) in [5.41, 5.74) is 10.2. The smallest absolute Gasteiger partial charge is 0.0265 e. The standard InChI is InChI=1S/C17H19BrN2/c18-16-7-5-13(6-8-16)11-20-12-15-4-2-1-3-14(15)9-17(20)10-19/h1-8,17H,9-12,19H2. The van der Waals surface area contributed by atoms with Gasteiger partial charge in [-0.1, -0.05) is 52.3 Å². The molecule has 1 aliphatic rings. The normalized spacial score (nSPS) is 18.8. The summed E-state index contributed by atoms with van der Waals surface area (Å²) in [4.78, 5) is 2.49. The van der Waals surface area contributed by atoms with Gasteiger partial charge in [-0.05, 0) is 35.2 Å². The van der Waals surface area contributed by atoms with Gasteiger partial charge in [0.05, 0.1) is 0 Å². The fourth-order valence-corrected chi connectivity index (χ4v) is 3.15. The van der Waals surface area contributed by atoms with Gasteiger partial charge >= 0.3 is 0 Å². The van der Waals surface area contributed by atoms with E-state index in [0.29, 0.717) is 12.6 Å². The van der Waals surface area contributed by atoms with Crippen LogP contribution in [0.1, 0.15) is 16.7 Å². The highest BCUT2D eigenvalue weighted by molar-refractivity contribution is 9.10. The molecule has 1 unspecified atom stereocenters. The zero-order valence-corrected chi connectivity index (χ0v) is 13.0. The lowest BCUT2D eigenvalue weighted by molar-refractivity contribution is 0.167. The molecule has 0 saturated heterocycles. The molecule has 0 aromatic heterocycles. The third kappa shape index (κ3) is 2.95. The van der Waals surface area contributed by atoms with Gasteiger partial charge in [-0.2, -0.15) is 0 Å². The molecular formula is C17H19BrN2. The lowest BCUT2D eigenvalue weighted by atomic mass is 9.93. The van der Waals surface area contributed by atoms with Crippen molar-refractivity contribution in [2.45, 2.75) is 25.6 Å². The minimum absolute atomic E-state index is 0.438. The molecule has 0 spiro atoms. The van der Waals surface area contributed by atoms with Gasteiger partial charge in [-0.15, -0.1) is 0 Å². The number of hydrogen-bond acceptors (Lipinski definition) is 2. The highest BCUT2D eigenvalue weighted by Gasteiger charge is 2.24. The Balaban J connectivity index is 1.80. The van der Waals surface area contributed by atoms with E-state index in [4.69, 9.17) is 5.73 Å². The SMILES string of the molecule is NCC1Cc2ccccc2CN1Cc1ccc(Br)cc1. The molecule has 0 radical (unpaired) electrons. The molecule has 2 aromatic rings. The molecule has 0 aliphatic carbocycles. The second kappa shape index (κ2) is 6.08. The molecule has 2 aromatic carbocycles. The average Bonchev–Trinajstić information content (AvgIpc) is 2.49. The van der Waals surface area contributed by atoms with E-state index in [2.05, 4.69) is 69.4 Å². The average molecular weight is 331 g/mol. The maximum Gasteiger partial charge on any atom is 0.0265 e. The summed E-state index contributed by atoms with van der Waals surface area (Å²) in [5, 5.41) is 0. The van der Waals surface area contributed by atoms with Crippen molar-refractivity contribution in [1.29, 1.82) is 0 Å². The number of hydrogen-bond donors (Lipinski definition) is 1. The third-order valence-corrected chi connectivity index (χ3v) is 4.56. The van der Waals surface area contributed by atoms with E-state index in [1.165, 1.54) is 16.7 Å². The van der Waals surface area contributed by atoms with Crippen molar-refractivity contribution in [3.8, 4) is 0 Å². The Kier molecular flexibility index (Phi) is 4.20. The van der Waals surface area contributed by atoms with Gasteiger partial charge in [-0.3, -0.25) is 4.90 Å². The van der Waals surface area contributed by atoms with Gasteiger partial charge in [-0.25, -0.2) is 0 Å². The van der Waals surface area contributed by atoms with Gasteiger partial charge in [0.1, 0.15) is 0 Å². The first kappa shape index (κ1) is 13.8. The first-order chi connectivity index (χ1) is 9.76. The zero-order chi connectivity index (χ0) is 13.9. The van der Waals surface area contributed by atoms with Crippen molar-refractivity contribution in [3.05, 3.63) is 69.7 Å². The minimum atomic E-state index is 0.438. The molecular weight excluding hydrogens is 312 g/mol. The minimum Gasteiger partial charge on any atom is -0.329 e. The highest BCUT2D eigenvalue weighted by atomic mass is 79.9. The summed E-state index contributed by atoms with van der Waals surface area (Å²) in [7, 11) is 0. The fraction of sp³-hybridized carbons (Fsp3) is 0.294. The first-order valence-corrected chi connectivity index (χ1v) is 7.81. The molecule has 0 fully saturated rings. The Bertz CT molecular complexity index is 580. The summed E-state index contributed by atoms with van der Waals surface area (Å²) < 4.78 is 1.13. The monoisotopic (exact) mass is 330 g/mol. The van der Waals surface area contributed by atoms with Crippen molar-refractivity contribution >= 4 is 15.9 Å². The van der Waals surface area contributed by atoms with E-state index >= 15 is 0 Å². The Labute approximate surface area is 128 Å². The Morgan fingerprint density at radius 1 is 1.05 bits per heavy atom. The molecule has 1 atom stereocenters. The van der Waals surface area contributed by atoms with Gasteiger partial charge < -0.3 is 5.73 Å². The molecule has 104 valence electrons. The molecule has 0 bridgehead atoms. The van der Waals surface area contributed by atoms with E-state index in [9.17, 15) is 0 Å². The zero-order valence-electron chi connectivity index (χ0n) is 11.4. The second-order valence-corrected chi connectivity index (χ2v) is 6.31. The van der Waals surface area contributed by atoms with Crippen LogP contribution in [0.15, 0.2) is 53.0 Å². The lowest BCUT2D eigenvalue weighted by Crippen LogP contribution is -2.44. The molecule has 1 aliphatic heterocycles. The van der Waals surface area contributed by atoms with Crippen molar-refractivity contribution in [2.75, 3.05) is 6.54 Å². The number of rotatable bonds is 3. The van der Waals surface area contributed by atoms with Crippen molar-refractivity contribution < 1.29 is 0 Å². The summed E-state index contributed by atoms with van der Waals surface area (Å²) in [6.07, 6.45) is 1.06.